The summed E-state index contributed by atoms with van der Waals surface area (Å²) in [5, 5.41) is 3.45. The van der Waals surface area contributed by atoms with Gasteiger partial charge in [-0.2, -0.15) is 0 Å². The van der Waals surface area contributed by atoms with E-state index in [1.807, 2.05) is 6.07 Å². The Morgan fingerprint density at radius 2 is 2.07 bits per heavy atom. The topological polar surface area (TPSA) is 67.9 Å². The molecule has 2 heterocycles. The molecule has 0 saturated carbocycles. The molecule has 2 aromatic rings. The number of carbonyl (C=O) groups excluding carboxylic acids is 2. The number of rotatable bonds is 5. The summed E-state index contributed by atoms with van der Waals surface area (Å²) in [6.45, 7) is 4.44. The van der Waals surface area contributed by atoms with E-state index in [2.05, 4.69) is 11.9 Å². The number of anilines is 1. The second-order valence-corrected chi connectivity index (χ2v) is 7.42. The van der Waals surface area contributed by atoms with Crippen LogP contribution in [0.4, 0.5) is 5.69 Å². The van der Waals surface area contributed by atoms with E-state index in [1.54, 1.807) is 48.4 Å². The van der Waals surface area contributed by atoms with Gasteiger partial charge < -0.3 is 19.7 Å². The molecule has 7 heteroatoms. The second kappa shape index (κ2) is 7.89. The summed E-state index contributed by atoms with van der Waals surface area (Å²) in [6.07, 6.45) is 1.89. The highest BCUT2D eigenvalue weighted by Crippen LogP contribution is 2.37. The number of ether oxygens (including phenoxy) is 2. The van der Waals surface area contributed by atoms with Crippen molar-refractivity contribution in [2.45, 2.75) is 18.6 Å². The maximum atomic E-state index is 13.3. The molecule has 2 amide bonds. The number of methoxy groups -OCH3 is 1. The molecule has 150 valence electrons. The molecule has 1 fully saturated rings. The Bertz CT molecular complexity index is 991. The number of halogens is 1. The average Bonchev–Trinajstić information content (AvgIpc) is 3.12. The predicted octanol–water partition coefficient (Wildman–Crippen LogP) is 3.75. The Labute approximate surface area is 174 Å². The van der Waals surface area contributed by atoms with Gasteiger partial charge >= 0.3 is 0 Å². The minimum Gasteiger partial charge on any atom is -0.496 e. The van der Waals surface area contributed by atoms with Crippen LogP contribution in [-0.2, 0) is 9.53 Å². The van der Waals surface area contributed by atoms with Crippen molar-refractivity contribution in [3.05, 3.63) is 59.6 Å². The number of nitrogens with zero attached hydrogens (tertiary/aromatic N) is 1. The second-order valence-electron chi connectivity index (χ2n) is 6.99. The van der Waals surface area contributed by atoms with Gasteiger partial charge in [0.25, 0.3) is 5.91 Å². The Kier molecular flexibility index (Phi) is 5.30. The molecule has 0 spiro atoms. The summed E-state index contributed by atoms with van der Waals surface area (Å²) in [7, 11) is 1.58. The molecule has 0 aliphatic carbocycles. The molecule has 6 nitrogen and oxygen atoms in total. The number of hydrogen-bond acceptors (Lipinski definition) is 4. The zero-order valence-electron chi connectivity index (χ0n) is 16.0. The molecule has 0 aromatic heterocycles. The van der Waals surface area contributed by atoms with E-state index in [4.69, 9.17) is 21.1 Å². The van der Waals surface area contributed by atoms with E-state index in [9.17, 15) is 9.59 Å². The van der Waals surface area contributed by atoms with Crippen molar-refractivity contribution in [3.8, 4) is 16.9 Å². The molecule has 2 aliphatic rings. The van der Waals surface area contributed by atoms with Gasteiger partial charge in [0.1, 0.15) is 11.8 Å². The number of carbonyl (C=O) groups is 2. The first-order valence-corrected chi connectivity index (χ1v) is 9.73. The van der Waals surface area contributed by atoms with E-state index in [0.29, 0.717) is 41.6 Å². The fourth-order valence-corrected chi connectivity index (χ4v) is 4.11. The summed E-state index contributed by atoms with van der Waals surface area (Å²) in [5.41, 5.74) is 2.48. The lowest BCUT2D eigenvalue weighted by molar-refractivity contribution is -0.122. The molecule has 2 aromatic carbocycles. The lowest BCUT2D eigenvalue weighted by atomic mass is 10.0. The van der Waals surface area contributed by atoms with E-state index in [-0.39, 0.29) is 17.9 Å². The zero-order valence-corrected chi connectivity index (χ0v) is 16.7. The number of nitrogens with one attached hydrogen (secondary N) is 1. The first-order chi connectivity index (χ1) is 14.0. The molecule has 2 aliphatic heterocycles. The van der Waals surface area contributed by atoms with Crippen LogP contribution in [0.5, 0.6) is 5.75 Å². The van der Waals surface area contributed by atoms with Crippen molar-refractivity contribution < 1.29 is 19.1 Å². The molecule has 4 rings (SSSR count). The van der Waals surface area contributed by atoms with Crippen molar-refractivity contribution in [1.82, 2.24) is 4.90 Å². The van der Waals surface area contributed by atoms with Gasteiger partial charge in [0.05, 0.1) is 31.1 Å². The van der Waals surface area contributed by atoms with Crippen molar-refractivity contribution >= 4 is 29.1 Å². The smallest absolute Gasteiger partial charge is 0.256 e. The molecular weight excluding hydrogens is 392 g/mol. The van der Waals surface area contributed by atoms with Crippen LogP contribution in [0.15, 0.2) is 49.1 Å². The number of benzene rings is 2. The van der Waals surface area contributed by atoms with Gasteiger partial charge in [0.15, 0.2) is 0 Å². The first kappa shape index (κ1) is 19.5. The summed E-state index contributed by atoms with van der Waals surface area (Å²) in [4.78, 5) is 27.7. The van der Waals surface area contributed by atoms with E-state index in [1.165, 1.54) is 0 Å². The van der Waals surface area contributed by atoms with Crippen LogP contribution >= 0.6 is 11.6 Å². The Balaban J connectivity index is 1.73. The fourth-order valence-electron chi connectivity index (χ4n) is 3.93. The molecule has 0 unspecified atom stereocenters. The summed E-state index contributed by atoms with van der Waals surface area (Å²) in [5.74, 6) is 0.212. The van der Waals surface area contributed by atoms with E-state index < -0.39 is 6.04 Å². The summed E-state index contributed by atoms with van der Waals surface area (Å²) < 4.78 is 11.2. The summed E-state index contributed by atoms with van der Waals surface area (Å²) >= 11 is 6.16. The van der Waals surface area contributed by atoms with Crippen LogP contribution in [0.3, 0.4) is 0 Å². The van der Waals surface area contributed by atoms with Crippen molar-refractivity contribution in [2.24, 2.45) is 0 Å². The van der Waals surface area contributed by atoms with E-state index in [0.717, 1.165) is 11.1 Å². The monoisotopic (exact) mass is 412 g/mol. The largest absolute Gasteiger partial charge is 0.496 e. The third-order valence-corrected chi connectivity index (χ3v) is 5.52. The van der Waals surface area contributed by atoms with Crippen LogP contribution in [-0.4, -0.2) is 49.1 Å². The number of fused-ring (bicyclic) bond motifs is 2. The van der Waals surface area contributed by atoms with Crippen LogP contribution in [0.1, 0.15) is 16.8 Å². The Morgan fingerprint density at radius 1 is 1.24 bits per heavy atom. The number of hydrogen-bond donors (Lipinski definition) is 1. The van der Waals surface area contributed by atoms with Crippen molar-refractivity contribution in [2.75, 3.05) is 25.6 Å². The van der Waals surface area contributed by atoms with Gasteiger partial charge in [-0.05, 0) is 42.3 Å². The van der Waals surface area contributed by atoms with Crippen molar-refractivity contribution in [3.63, 3.8) is 0 Å². The quantitative estimate of drug-likeness (QED) is 0.759. The fraction of sp³-hybridized carbons (Fsp3) is 0.273. The van der Waals surface area contributed by atoms with Crippen LogP contribution in [0.2, 0.25) is 5.02 Å². The van der Waals surface area contributed by atoms with Crippen molar-refractivity contribution in [1.29, 1.82) is 0 Å². The predicted molar refractivity (Wildman–Crippen MR) is 111 cm³/mol. The molecule has 0 radical (unpaired) electrons. The maximum Gasteiger partial charge on any atom is 0.256 e. The highest BCUT2D eigenvalue weighted by atomic mass is 35.5. The van der Waals surface area contributed by atoms with E-state index >= 15 is 0 Å². The summed E-state index contributed by atoms with van der Waals surface area (Å²) in [6, 6.07) is 10.0. The molecule has 1 N–H and O–H groups in total. The lowest BCUT2D eigenvalue weighted by Gasteiger charge is -2.24. The zero-order chi connectivity index (χ0) is 20.5. The van der Waals surface area contributed by atoms with Gasteiger partial charge in [0, 0.05) is 17.1 Å². The highest BCUT2D eigenvalue weighted by Gasteiger charge is 2.45. The molecule has 2 atom stereocenters. The van der Waals surface area contributed by atoms with Gasteiger partial charge in [-0.25, -0.2) is 0 Å². The third-order valence-electron chi connectivity index (χ3n) is 5.28. The molecule has 1 saturated heterocycles. The SMILES string of the molecule is C=CCO[C@@H]1CCN2C(=O)c3cc(-c4cc(Cl)ccc4OC)ccc3NC(=O)[C@H]12. The van der Waals surface area contributed by atoms with Gasteiger partial charge in [-0.1, -0.05) is 23.7 Å². The Hall–Kier alpha value is -2.83. The van der Waals surface area contributed by atoms with Gasteiger partial charge in [-0.15, -0.1) is 6.58 Å². The van der Waals surface area contributed by atoms with Gasteiger partial charge in [-0.3, -0.25) is 9.59 Å². The van der Waals surface area contributed by atoms with Gasteiger partial charge in [0.2, 0.25) is 5.91 Å². The average molecular weight is 413 g/mol. The lowest BCUT2D eigenvalue weighted by Crippen LogP contribution is -2.46. The van der Waals surface area contributed by atoms with Crippen LogP contribution in [0.25, 0.3) is 11.1 Å². The normalized spacial score (nSPS) is 20.6. The molecule has 0 bridgehead atoms. The number of amides is 2. The third kappa shape index (κ3) is 3.50. The first-order valence-electron chi connectivity index (χ1n) is 9.35. The molecular formula is C22H21ClN2O4. The molecule has 29 heavy (non-hydrogen) atoms. The minimum atomic E-state index is -0.654. The maximum absolute atomic E-state index is 13.3. The van der Waals surface area contributed by atoms with Crippen LogP contribution in [0, 0.1) is 0 Å². The van der Waals surface area contributed by atoms with Crippen LogP contribution < -0.4 is 10.1 Å². The highest BCUT2D eigenvalue weighted by molar-refractivity contribution is 6.31. The standard InChI is InChI=1S/C22H21ClN2O4/c1-3-10-29-19-8-9-25-20(19)21(26)24-17-6-4-13(11-16(17)22(25)27)15-12-14(23)5-7-18(15)28-2/h3-7,11-12,19-20H,1,8-10H2,2H3,(H,24,26)/t19-,20+/m1/s1. The minimum absolute atomic E-state index is 0.198. The Morgan fingerprint density at radius 3 is 2.83 bits per heavy atom.